The van der Waals surface area contributed by atoms with Crippen molar-refractivity contribution in [2.24, 2.45) is 0 Å². The molecule has 0 fully saturated rings. The molecule has 2 rings (SSSR count). The van der Waals surface area contributed by atoms with Crippen molar-refractivity contribution in [3.63, 3.8) is 0 Å². The topological polar surface area (TPSA) is 66.5 Å². The van der Waals surface area contributed by atoms with Crippen molar-refractivity contribution in [1.29, 1.82) is 0 Å². The molecule has 0 amide bonds. The average Bonchev–Trinajstić information content (AvgIpc) is 2.63. The summed E-state index contributed by atoms with van der Waals surface area (Å²) in [7, 11) is 0. The van der Waals surface area contributed by atoms with Gasteiger partial charge >= 0.3 is 0 Å². The van der Waals surface area contributed by atoms with E-state index >= 15 is 0 Å². The lowest BCUT2D eigenvalue weighted by molar-refractivity contribution is 1.03. The number of nitrogens with one attached hydrogen (secondary N) is 2. The minimum absolute atomic E-state index is 0.374. The molecule has 0 spiro atoms. The largest absolute Gasteiger partial charge is 0.363 e. The van der Waals surface area contributed by atoms with Gasteiger partial charge in [0.05, 0.1) is 6.20 Å². The summed E-state index contributed by atoms with van der Waals surface area (Å²) in [6.45, 7) is 2.59. The third-order valence-electron chi connectivity index (χ3n) is 2.03. The molecule has 0 aliphatic rings. The van der Waals surface area contributed by atoms with E-state index in [1.165, 1.54) is 0 Å². The molecule has 5 nitrogen and oxygen atoms in total. The lowest BCUT2D eigenvalue weighted by Crippen LogP contribution is -2.02. The molecular weight excluding hydrogens is 214 g/mol. The van der Waals surface area contributed by atoms with Gasteiger partial charge in [-0.15, -0.1) is 0 Å². The van der Waals surface area contributed by atoms with Crippen LogP contribution in [-0.2, 0) is 6.54 Å². The Balaban J connectivity index is 2.06. The van der Waals surface area contributed by atoms with Crippen LogP contribution in [0, 0.1) is 6.92 Å². The van der Waals surface area contributed by atoms with Crippen LogP contribution in [0.4, 0.5) is 5.82 Å². The molecule has 15 heavy (non-hydrogen) atoms. The maximum Gasteiger partial charge on any atom is 0.171 e. The molecule has 6 heteroatoms. The van der Waals surface area contributed by atoms with Crippen molar-refractivity contribution in [3.05, 3.63) is 35.0 Å². The Morgan fingerprint density at radius 3 is 2.87 bits per heavy atom. The number of halogens is 1. The van der Waals surface area contributed by atoms with E-state index in [0.29, 0.717) is 17.5 Å². The van der Waals surface area contributed by atoms with Crippen molar-refractivity contribution >= 4 is 17.4 Å². The van der Waals surface area contributed by atoms with Gasteiger partial charge in [-0.25, -0.2) is 9.97 Å². The van der Waals surface area contributed by atoms with Crippen LogP contribution in [0.25, 0.3) is 0 Å². The second-order valence-corrected chi connectivity index (χ2v) is 3.43. The first kappa shape index (κ1) is 9.92. The number of hydrogen-bond acceptors (Lipinski definition) is 4. The molecule has 0 unspecified atom stereocenters. The molecule has 2 N–H and O–H groups in total. The number of nitrogens with zero attached hydrogens (tertiary/aromatic N) is 3. The number of rotatable bonds is 3. The van der Waals surface area contributed by atoms with Crippen LogP contribution in [-0.4, -0.2) is 20.2 Å². The first-order valence-electron chi connectivity index (χ1n) is 4.46. The van der Waals surface area contributed by atoms with Gasteiger partial charge < -0.3 is 5.32 Å². The molecule has 0 aromatic carbocycles. The summed E-state index contributed by atoms with van der Waals surface area (Å²) < 4.78 is 0. The van der Waals surface area contributed by atoms with Gasteiger partial charge in [0.15, 0.2) is 11.0 Å². The molecule has 0 saturated carbocycles. The van der Waals surface area contributed by atoms with Crippen LogP contribution in [0.15, 0.2) is 18.6 Å². The van der Waals surface area contributed by atoms with E-state index in [1.807, 2.05) is 6.92 Å². The summed E-state index contributed by atoms with van der Waals surface area (Å²) in [6, 6.07) is 0. The summed E-state index contributed by atoms with van der Waals surface area (Å²) in [5, 5.41) is 10.2. The van der Waals surface area contributed by atoms with Crippen molar-refractivity contribution in [2.45, 2.75) is 13.5 Å². The molecule has 2 aromatic heterocycles. The number of anilines is 1. The zero-order chi connectivity index (χ0) is 10.7. The first-order valence-corrected chi connectivity index (χ1v) is 4.84. The lowest BCUT2D eigenvalue weighted by Gasteiger charge is -2.04. The standard InChI is InChI=1S/C9H10ClN5/c1-6-7(5-14-15-6)4-13-9-8(10)11-2-3-12-9/h2-3,5H,4H2,1H3,(H,12,13)(H,14,15). The fourth-order valence-electron chi connectivity index (χ4n) is 1.17. The molecule has 0 bridgehead atoms. The predicted octanol–water partition coefficient (Wildman–Crippen LogP) is 1.77. The van der Waals surface area contributed by atoms with Crippen molar-refractivity contribution in [3.8, 4) is 0 Å². The summed E-state index contributed by atoms with van der Waals surface area (Å²) in [5.41, 5.74) is 2.11. The van der Waals surface area contributed by atoms with Crippen molar-refractivity contribution in [1.82, 2.24) is 20.2 Å². The van der Waals surface area contributed by atoms with Gasteiger partial charge in [0.2, 0.25) is 0 Å². The number of aryl methyl sites for hydroxylation is 1. The van der Waals surface area contributed by atoms with Crippen LogP contribution in [0.5, 0.6) is 0 Å². The minimum Gasteiger partial charge on any atom is -0.363 e. The number of hydrogen-bond donors (Lipinski definition) is 2. The number of H-pyrrole nitrogens is 1. The third kappa shape index (κ3) is 2.24. The lowest BCUT2D eigenvalue weighted by atomic mass is 10.3. The van der Waals surface area contributed by atoms with E-state index in [9.17, 15) is 0 Å². The predicted molar refractivity (Wildman–Crippen MR) is 57.7 cm³/mol. The summed E-state index contributed by atoms with van der Waals surface area (Å²) in [4.78, 5) is 7.99. The van der Waals surface area contributed by atoms with Gasteiger partial charge in [-0.05, 0) is 6.92 Å². The Kier molecular flexibility index (Phi) is 2.82. The van der Waals surface area contributed by atoms with Crippen LogP contribution in [0.2, 0.25) is 5.15 Å². The average molecular weight is 224 g/mol. The maximum absolute atomic E-state index is 5.84. The third-order valence-corrected chi connectivity index (χ3v) is 2.31. The van der Waals surface area contributed by atoms with Gasteiger partial charge in [-0.3, -0.25) is 5.10 Å². The van der Waals surface area contributed by atoms with Crippen LogP contribution < -0.4 is 5.32 Å². The molecule has 0 saturated heterocycles. The van der Waals surface area contributed by atoms with Gasteiger partial charge in [-0.2, -0.15) is 5.10 Å². The molecule has 78 valence electrons. The zero-order valence-electron chi connectivity index (χ0n) is 8.16. The van der Waals surface area contributed by atoms with Crippen LogP contribution in [0.3, 0.4) is 0 Å². The minimum atomic E-state index is 0.374. The van der Waals surface area contributed by atoms with Gasteiger partial charge in [0.1, 0.15) is 0 Å². The van der Waals surface area contributed by atoms with Crippen LogP contribution >= 0.6 is 11.6 Å². The molecule has 2 aromatic rings. The first-order chi connectivity index (χ1) is 7.27. The Bertz CT molecular complexity index is 453. The number of aromatic nitrogens is 4. The molecule has 0 aliphatic heterocycles. The highest BCUT2D eigenvalue weighted by Gasteiger charge is 2.03. The Hall–Kier alpha value is -1.62. The highest BCUT2D eigenvalue weighted by Crippen LogP contribution is 2.15. The van der Waals surface area contributed by atoms with E-state index in [0.717, 1.165) is 11.3 Å². The van der Waals surface area contributed by atoms with E-state index < -0.39 is 0 Å². The van der Waals surface area contributed by atoms with E-state index in [4.69, 9.17) is 11.6 Å². The van der Waals surface area contributed by atoms with Crippen molar-refractivity contribution in [2.75, 3.05) is 5.32 Å². The Morgan fingerprint density at radius 2 is 2.20 bits per heavy atom. The molecule has 2 heterocycles. The van der Waals surface area contributed by atoms with E-state index in [-0.39, 0.29) is 0 Å². The van der Waals surface area contributed by atoms with E-state index in [1.54, 1.807) is 18.6 Å². The van der Waals surface area contributed by atoms with Gasteiger partial charge in [0, 0.05) is 30.2 Å². The highest BCUT2D eigenvalue weighted by molar-refractivity contribution is 6.31. The van der Waals surface area contributed by atoms with E-state index in [2.05, 4.69) is 25.5 Å². The quantitative estimate of drug-likeness (QED) is 0.833. The molecule has 0 radical (unpaired) electrons. The summed E-state index contributed by atoms with van der Waals surface area (Å²) in [6.07, 6.45) is 4.92. The Morgan fingerprint density at radius 1 is 1.40 bits per heavy atom. The number of aromatic amines is 1. The second kappa shape index (κ2) is 4.27. The highest BCUT2D eigenvalue weighted by atomic mass is 35.5. The SMILES string of the molecule is Cc1[nH]ncc1CNc1nccnc1Cl. The summed E-state index contributed by atoms with van der Waals surface area (Å²) >= 11 is 5.84. The summed E-state index contributed by atoms with van der Waals surface area (Å²) in [5.74, 6) is 0.583. The second-order valence-electron chi connectivity index (χ2n) is 3.07. The molecule has 0 aliphatic carbocycles. The smallest absolute Gasteiger partial charge is 0.171 e. The zero-order valence-corrected chi connectivity index (χ0v) is 8.91. The van der Waals surface area contributed by atoms with Crippen LogP contribution in [0.1, 0.15) is 11.3 Å². The normalized spacial score (nSPS) is 10.3. The fourth-order valence-corrected chi connectivity index (χ4v) is 1.34. The fraction of sp³-hybridized carbons (Fsp3) is 0.222. The van der Waals surface area contributed by atoms with Crippen molar-refractivity contribution < 1.29 is 0 Å². The van der Waals surface area contributed by atoms with Gasteiger partial charge in [0.25, 0.3) is 0 Å². The Labute approximate surface area is 91.9 Å². The molecule has 0 atom stereocenters. The maximum atomic E-state index is 5.84. The van der Waals surface area contributed by atoms with Gasteiger partial charge in [-0.1, -0.05) is 11.6 Å². The monoisotopic (exact) mass is 223 g/mol. The molecular formula is C9H10ClN5.